The number of aromatic nitrogens is 2. The van der Waals surface area contributed by atoms with Gasteiger partial charge in [-0.2, -0.15) is 0 Å². The zero-order valence-electron chi connectivity index (χ0n) is 10.4. The van der Waals surface area contributed by atoms with Gasteiger partial charge in [0.25, 0.3) is 0 Å². The monoisotopic (exact) mass is 266 g/mol. The van der Waals surface area contributed by atoms with Crippen LogP contribution in [0.2, 0.25) is 0 Å². The first kappa shape index (κ1) is 12.8. The number of halogens is 1. The summed E-state index contributed by atoms with van der Waals surface area (Å²) in [5.74, 6) is 2.96. The zero-order chi connectivity index (χ0) is 13.0. The summed E-state index contributed by atoms with van der Waals surface area (Å²) in [6.45, 7) is 0. The molecule has 0 spiro atoms. The van der Waals surface area contributed by atoms with Crippen molar-refractivity contribution >= 4 is 11.6 Å². The van der Waals surface area contributed by atoms with E-state index in [1.807, 2.05) is 18.2 Å². The van der Waals surface area contributed by atoms with Crippen LogP contribution in [-0.2, 0) is 6.42 Å². The summed E-state index contributed by atoms with van der Waals surface area (Å²) in [4.78, 5) is 7.50. The van der Waals surface area contributed by atoms with E-state index < -0.39 is 0 Å². The fraction of sp³-hybridized carbons (Fsp3) is 0.308. The van der Waals surface area contributed by atoms with Gasteiger partial charge in [0.15, 0.2) is 0 Å². The molecule has 1 N–H and O–H groups in total. The van der Waals surface area contributed by atoms with Gasteiger partial charge in [-0.05, 0) is 18.2 Å². The second-order valence-corrected chi connectivity index (χ2v) is 4.13. The standard InChI is InChI=1S/C13H15ClN2O2/c1-17-9-3-4-12(18-2)10(7-9)11-8-15-13(16-11)5-6-14/h3-4,7-8H,5-6H2,1-2H3,(H,15,16). The minimum absolute atomic E-state index is 0.544. The van der Waals surface area contributed by atoms with Gasteiger partial charge < -0.3 is 14.5 Å². The molecule has 0 amide bonds. The molecule has 0 saturated carbocycles. The van der Waals surface area contributed by atoms with Crippen LogP contribution in [0.3, 0.4) is 0 Å². The third-order valence-corrected chi connectivity index (χ3v) is 2.85. The van der Waals surface area contributed by atoms with Crippen LogP contribution in [0.1, 0.15) is 5.82 Å². The molecule has 2 aromatic rings. The van der Waals surface area contributed by atoms with E-state index in [4.69, 9.17) is 21.1 Å². The molecule has 0 fully saturated rings. The fourth-order valence-corrected chi connectivity index (χ4v) is 1.92. The van der Waals surface area contributed by atoms with Crippen molar-refractivity contribution in [2.24, 2.45) is 0 Å². The van der Waals surface area contributed by atoms with Gasteiger partial charge in [-0.15, -0.1) is 11.6 Å². The van der Waals surface area contributed by atoms with E-state index in [0.29, 0.717) is 12.3 Å². The van der Waals surface area contributed by atoms with Gasteiger partial charge in [0.2, 0.25) is 0 Å². The van der Waals surface area contributed by atoms with E-state index in [1.165, 1.54) is 0 Å². The van der Waals surface area contributed by atoms with Crippen LogP contribution in [0.15, 0.2) is 24.4 Å². The lowest BCUT2D eigenvalue weighted by molar-refractivity contribution is 0.404. The maximum Gasteiger partial charge on any atom is 0.128 e. The van der Waals surface area contributed by atoms with E-state index in [0.717, 1.165) is 28.6 Å². The summed E-state index contributed by atoms with van der Waals surface area (Å²) < 4.78 is 10.6. The molecule has 5 heteroatoms. The molecule has 0 bridgehead atoms. The Labute approximate surface area is 111 Å². The number of ether oxygens (including phenoxy) is 2. The van der Waals surface area contributed by atoms with Gasteiger partial charge in [-0.25, -0.2) is 4.98 Å². The van der Waals surface area contributed by atoms with E-state index >= 15 is 0 Å². The first-order chi connectivity index (χ1) is 8.78. The molecular weight excluding hydrogens is 252 g/mol. The number of aromatic amines is 1. The van der Waals surface area contributed by atoms with Crippen LogP contribution in [0.5, 0.6) is 11.5 Å². The molecule has 0 radical (unpaired) electrons. The predicted octanol–water partition coefficient (Wildman–Crippen LogP) is 2.88. The average molecular weight is 267 g/mol. The third-order valence-electron chi connectivity index (χ3n) is 2.66. The number of aryl methyl sites for hydroxylation is 1. The number of hydrogen-bond acceptors (Lipinski definition) is 3. The number of nitrogens with one attached hydrogen (secondary N) is 1. The van der Waals surface area contributed by atoms with E-state index in [2.05, 4.69) is 9.97 Å². The number of hydrogen-bond donors (Lipinski definition) is 1. The Kier molecular flexibility index (Phi) is 4.10. The van der Waals surface area contributed by atoms with Crippen LogP contribution in [-0.4, -0.2) is 30.1 Å². The second-order valence-electron chi connectivity index (χ2n) is 3.75. The molecule has 1 aromatic heterocycles. The largest absolute Gasteiger partial charge is 0.497 e. The van der Waals surface area contributed by atoms with Crippen molar-refractivity contribution in [1.82, 2.24) is 9.97 Å². The molecule has 4 nitrogen and oxygen atoms in total. The predicted molar refractivity (Wildman–Crippen MR) is 71.6 cm³/mol. The molecule has 0 aliphatic rings. The number of methoxy groups -OCH3 is 2. The summed E-state index contributed by atoms with van der Waals surface area (Å²) in [7, 11) is 3.28. The molecule has 0 aliphatic carbocycles. The Hall–Kier alpha value is -1.68. The van der Waals surface area contributed by atoms with Crippen LogP contribution < -0.4 is 9.47 Å². The number of rotatable bonds is 5. The number of nitrogens with zero attached hydrogens (tertiary/aromatic N) is 1. The fourth-order valence-electron chi connectivity index (χ4n) is 1.74. The van der Waals surface area contributed by atoms with Crippen LogP contribution in [0.4, 0.5) is 0 Å². The summed E-state index contributed by atoms with van der Waals surface area (Å²) in [5, 5.41) is 0. The van der Waals surface area contributed by atoms with Crippen molar-refractivity contribution < 1.29 is 9.47 Å². The quantitative estimate of drug-likeness (QED) is 0.847. The molecule has 0 unspecified atom stereocenters. The number of alkyl halides is 1. The number of H-pyrrole nitrogens is 1. The highest BCUT2D eigenvalue weighted by Gasteiger charge is 2.10. The molecule has 18 heavy (non-hydrogen) atoms. The molecule has 1 heterocycles. The highest BCUT2D eigenvalue weighted by atomic mass is 35.5. The molecule has 0 aliphatic heterocycles. The lowest BCUT2D eigenvalue weighted by Gasteiger charge is -2.08. The maximum absolute atomic E-state index is 5.69. The Balaban J connectivity index is 2.40. The molecular formula is C13H15ClN2O2. The Morgan fingerprint density at radius 2 is 2.11 bits per heavy atom. The van der Waals surface area contributed by atoms with Gasteiger partial charge in [0.1, 0.15) is 17.3 Å². The van der Waals surface area contributed by atoms with Crippen LogP contribution >= 0.6 is 11.6 Å². The van der Waals surface area contributed by atoms with Gasteiger partial charge in [0.05, 0.1) is 26.1 Å². The summed E-state index contributed by atoms with van der Waals surface area (Å²) in [6.07, 6.45) is 2.49. The van der Waals surface area contributed by atoms with Crippen LogP contribution in [0.25, 0.3) is 11.3 Å². The Morgan fingerprint density at radius 3 is 2.78 bits per heavy atom. The summed E-state index contributed by atoms with van der Waals surface area (Å²) >= 11 is 5.69. The van der Waals surface area contributed by atoms with Crippen molar-refractivity contribution in [3.05, 3.63) is 30.2 Å². The van der Waals surface area contributed by atoms with Crippen molar-refractivity contribution in [1.29, 1.82) is 0 Å². The minimum atomic E-state index is 0.544. The molecule has 0 atom stereocenters. The number of imidazole rings is 1. The maximum atomic E-state index is 5.69. The second kappa shape index (κ2) is 5.78. The average Bonchev–Trinajstić information content (AvgIpc) is 2.87. The lowest BCUT2D eigenvalue weighted by atomic mass is 10.1. The van der Waals surface area contributed by atoms with Crippen molar-refractivity contribution in [3.8, 4) is 22.8 Å². The van der Waals surface area contributed by atoms with E-state index in [9.17, 15) is 0 Å². The SMILES string of the molecule is COc1ccc(OC)c(-c2cnc(CCCl)[nH]2)c1. The van der Waals surface area contributed by atoms with E-state index in [1.54, 1.807) is 20.4 Å². The van der Waals surface area contributed by atoms with Gasteiger partial charge in [0, 0.05) is 17.9 Å². The number of benzene rings is 1. The first-order valence-electron chi connectivity index (χ1n) is 5.60. The van der Waals surface area contributed by atoms with Crippen molar-refractivity contribution in [2.75, 3.05) is 20.1 Å². The Morgan fingerprint density at radius 1 is 1.28 bits per heavy atom. The Bertz CT molecular complexity index is 525. The minimum Gasteiger partial charge on any atom is -0.497 e. The topological polar surface area (TPSA) is 47.1 Å². The van der Waals surface area contributed by atoms with Gasteiger partial charge >= 0.3 is 0 Å². The summed E-state index contributed by atoms with van der Waals surface area (Å²) in [6, 6.07) is 5.64. The van der Waals surface area contributed by atoms with Crippen molar-refractivity contribution in [3.63, 3.8) is 0 Å². The van der Waals surface area contributed by atoms with E-state index in [-0.39, 0.29) is 0 Å². The molecule has 96 valence electrons. The zero-order valence-corrected chi connectivity index (χ0v) is 11.1. The van der Waals surface area contributed by atoms with Gasteiger partial charge in [-0.3, -0.25) is 0 Å². The first-order valence-corrected chi connectivity index (χ1v) is 6.14. The summed E-state index contributed by atoms with van der Waals surface area (Å²) in [5.41, 5.74) is 1.82. The smallest absolute Gasteiger partial charge is 0.128 e. The normalized spacial score (nSPS) is 10.4. The highest BCUT2D eigenvalue weighted by Crippen LogP contribution is 2.32. The molecule has 0 saturated heterocycles. The highest BCUT2D eigenvalue weighted by molar-refractivity contribution is 6.17. The van der Waals surface area contributed by atoms with Crippen LogP contribution in [0, 0.1) is 0 Å². The molecule has 2 rings (SSSR count). The van der Waals surface area contributed by atoms with Gasteiger partial charge in [-0.1, -0.05) is 0 Å². The third kappa shape index (κ3) is 2.59. The molecule has 1 aromatic carbocycles. The lowest BCUT2D eigenvalue weighted by Crippen LogP contribution is -1.91. The van der Waals surface area contributed by atoms with Crippen molar-refractivity contribution in [2.45, 2.75) is 6.42 Å².